The Hall–Kier alpha value is -2.78. The fourth-order valence-corrected chi connectivity index (χ4v) is 2.98. The van der Waals surface area contributed by atoms with Crippen LogP contribution in [0.2, 0.25) is 5.02 Å². The lowest BCUT2D eigenvalue weighted by Gasteiger charge is -2.05. The number of benzene rings is 3. The molecule has 0 aliphatic heterocycles. The maximum absolute atomic E-state index is 10.6. The second-order valence-corrected chi connectivity index (χ2v) is 5.74. The first kappa shape index (κ1) is 13.9. The summed E-state index contributed by atoms with van der Waals surface area (Å²) in [5.41, 5.74) is 3.08. The Kier molecular flexibility index (Phi) is 3.28. The number of phenolic OH excluding ortho intramolecular Hbond substituents is 1. The molecular weight excluding hydrogens is 308 g/mol. The second kappa shape index (κ2) is 5.45. The third kappa shape index (κ3) is 2.35. The van der Waals surface area contributed by atoms with Gasteiger partial charge in [0.25, 0.3) is 0 Å². The quantitative estimate of drug-likeness (QED) is 0.529. The number of halogens is 1. The van der Waals surface area contributed by atoms with Crippen LogP contribution in [-0.4, -0.2) is 15.3 Å². The molecule has 0 spiro atoms. The molecule has 0 saturated heterocycles. The Balaban J connectivity index is 1.84. The fourth-order valence-electron chi connectivity index (χ4n) is 2.74. The van der Waals surface area contributed by atoms with Crippen molar-refractivity contribution in [3.8, 4) is 28.3 Å². The van der Waals surface area contributed by atoms with Gasteiger partial charge in [-0.05, 0) is 23.6 Å². The lowest BCUT2D eigenvalue weighted by atomic mass is 10.0. The molecule has 4 rings (SSSR count). The van der Waals surface area contributed by atoms with E-state index in [4.69, 9.17) is 11.6 Å². The summed E-state index contributed by atoms with van der Waals surface area (Å²) in [6.07, 6.45) is 0. The van der Waals surface area contributed by atoms with Gasteiger partial charge in [0.1, 0.15) is 5.75 Å². The number of hydrogen-bond donors (Lipinski definition) is 2. The van der Waals surface area contributed by atoms with E-state index in [0.717, 1.165) is 22.0 Å². The largest absolute Gasteiger partial charge is 0.507 e. The average Bonchev–Trinajstić information content (AvgIpc) is 3.05. The number of phenols is 1. The van der Waals surface area contributed by atoms with Crippen LogP contribution in [0.25, 0.3) is 33.3 Å². The molecule has 0 fully saturated rings. The van der Waals surface area contributed by atoms with Crippen molar-refractivity contribution in [2.75, 3.05) is 0 Å². The van der Waals surface area contributed by atoms with Crippen molar-refractivity contribution in [1.82, 2.24) is 10.2 Å². The van der Waals surface area contributed by atoms with Gasteiger partial charge in [-0.3, -0.25) is 5.10 Å². The van der Waals surface area contributed by atoms with Gasteiger partial charge in [0, 0.05) is 21.5 Å². The number of nitrogens with zero attached hydrogens (tertiary/aromatic N) is 1. The molecule has 0 aliphatic carbocycles. The Morgan fingerprint density at radius 2 is 1.65 bits per heavy atom. The summed E-state index contributed by atoms with van der Waals surface area (Å²) in [5, 5.41) is 20.3. The van der Waals surface area contributed by atoms with Crippen molar-refractivity contribution in [1.29, 1.82) is 0 Å². The highest BCUT2D eigenvalue weighted by Crippen LogP contribution is 2.36. The minimum atomic E-state index is 0.236. The molecule has 0 unspecified atom stereocenters. The Morgan fingerprint density at radius 3 is 2.52 bits per heavy atom. The van der Waals surface area contributed by atoms with Crippen molar-refractivity contribution in [2.24, 2.45) is 0 Å². The van der Waals surface area contributed by atoms with Gasteiger partial charge in [-0.2, -0.15) is 5.10 Å². The molecule has 23 heavy (non-hydrogen) atoms. The molecule has 4 heteroatoms. The van der Waals surface area contributed by atoms with Gasteiger partial charge in [0.2, 0.25) is 0 Å². The van der Waals surface area contributed by atoms with Crippen LogP contribution in [0.3, 0.4) is 0 Å². The minimum Gasteiger partial charge on any atom is -0.507 e. The standard InChI is InChI=1S/C19H13ClN2O/c20-16-8-4-3-7-14(16)17-11-18(22-21-17)15-10-9-12-5-1-2-6-13(12)19(15)23/h1-11,23H,(H,21,22). The van der Waals surface area contributed by atoms with Crippen LogP contribution in [0.1, 0.15) is 0 Å². The zero-order valence-electron chi connectivity index (χ0n) is 12.1. The highest BCUT2D eigenvalue weighted by molar-refractivity contribution is 6.33. The summed E-state index contributed by atoms with van der Waals surface area (Å²) in [4.78, 5) is 0. The predicted octanol–water partition coefficient (Wildman–Crippen LogP) is 5.26. The zero-order valence-corrected chi connectivity index (χ0v) is 12.9. The van der Waals surface area contributed by atoms with E-state index < -0.39 is 0 Å². The molecule has 112 valence electrons. The molecule has 3 nitrogen and oxygen atoms in total. The summed E-state index contributed by atoms with van der Waals surface area (Å²) >= 11 is 6.23. The van der Waals surface area contributed by atoms with E-state index in [9.17, 15) is 5.11 Å². The molecule has 0 atom stereocenters. The molecule has 0 bridgehead atoms. The smallest absolute Gasteiger partial charge is 0.132 e. The van der Waals surface area contributed by atoms with E-state index in [2.05, 4.69) is 10.2 Å². The molecule has 0 amide bonds. The first-order chi connectivity index (χ1) is 11.2. The van der Waals surface area contributed by atoms with Gasteiger partial charge in [0.05, 0.1) is 11.4 Å². The van der Waals surface area contributed by atoms with Crippen molar-refractivity contribution < 1.29 is 5.11 Å². The van der Waals surface area contributed by atoms with Crippen LogP contribution in [0.4, 0.5) is 0 Å². The summed E-state index contributed by atoms with van der Waals surface area (Å²) in [6.45, 7) is 0. The number of aromatic nitrogens is 2. The molecule has 4 aromatic rings. The summed E-state index contributed by atoms with van der Waals surface area (Å²) in [5.74, 6) is 0.236. The van der Waals surface area contributed by atoms with E-state index in [0.29, 0.717) is 16.3 Å². The number of aromatic amines is 1. The number of rotatable bonds is 2. The van der Waals surface area contributed by atoms with Crippen LogP contribution in [0.5, 0.6) is 5.75 Å². The SMILES string of the molecule is Oc1c(-c2cc(-c3ccccc3Cl)[nH]n2)ccc2ccccc12. The molecule has 0 aliphatic rings. The van der Waals surface area contributed by atoms with Gasteiger partial charge in [-0.25, -0.2) is 0 Å². The first-order valence-corrected chi connectivity index (χ1v) is 7.63. The second-order valence-electron chi connectivity index (χ2n) is 5.33. The molecule has 2 N–H and O–H groups in total. The number of H-pyrrole nitrogens is 1. The van der Waals surface area contributed by atoms with Crippen LogP contribution in [0.15, 0.2) is 66.7 Å². The first-order valence-electron chi connectivity index (χ1n) is 7.25. The van der Waals surface area contributed by atoms with Gasteiger partial charge in [0.15, 0.2) is 0 Å². The lowest BCUT2D eigenvalue weighted by molar-refractivity contribution is 0.483. The van der Waals surface area contributed by atoms with Gasteiger partial charge in [-0.1, -0.05) is 60.1 Å². The van der Waals surface area contributed by atoms with E-state index in [1.807, 2.05) is 66.7 Å². The monoisotopic (exact) mass is 320 g/mol. The van der Waals surface area contributed by atoms with E-state index in [1.54, 1.807) is 0 Å². The molecule has 1 aromatic heterocycles. The molecular formula is C19H13ClN2O. The van der Waals surface area contributed by atoms with Crippen molar-refractivity contribution >= 4 is 22.4 Å². The predicted molar refractivity (Wildman–Crippen MR) is 93.6 cm³/mol. The topological polar surface area (TPSA) is 48.9 Å². The Bertz CT molecular complexity index is 1010. The van der Waals surface area contributed by atoms with Crippen molar-refractivity contribution in [3.05, 3.63) is 71.8 Å². The van der Waals surface area contributed by atoms with Crippen molar-refractivity contribution in [3.63, 3.8) is 0 Å². The fraction of sp³-hybridized carbons (Fsp3) is 0. The molecule has 0 saturated carbocycles. The average molecular weight is 321 g/mol. The van der Waals surface area contributed by atoms with Crippen LogP contribution in [0, 0.1) is 0 Å². The number of hydrogen-bond acceptors (Lipinski definition) is 2. The maximum Gasteiger partial charge on any atom is 0.132 e. The van der Waals surface area contributed by atoms with E-state index in [1.165, 1.54) is 0 Å². The van der Waals surface area contributed by atoms with E-state index >= 15 is 0 Å². The third-order valence-electron chi connectivity index (χ3n) is 3.92. The Morgan fingerprint density at radius 1 is 0.870 bits per heavy atom. The molecule has 3 aromatic carbocycles. The van der Waals surface area contributed by atoms with Crippen LogP contribution >= 0.6 is 11.6 Å². The van der Waals surface area contributed by atoms with Crippen LogP contribution in [-0.2, 0) is 0 Å². The number of nitrogens with one attached hydrogen (secondary N) is 1. The minimum absolute atomic E-state index is 0.236. The van der Waals surface area contributed by atoms with Crippen molar-refractivity contribution in [2.45, 2.75) is 0 Å². The van der Waals surface area contributed by atoms with Gasteiger partial charge >= 0.3 is 0 Å². The maximum atomic E-state index is 10.6. The van der Waals surface area contributed by atoms with Gasteiger partial charge < -0.3 is 5.11 Å². The molecule has 1 heterocycles. The highest BCUT2D eigenvalue weighted by atomic mass is 35.5. The van der Waals surface area contributed by atoms with Crippen LogP contribution < -0.4 is 0 Å². The third-order valence-corrected chi connectivity index (χ3v) is 4.25. The lowest BCUT2D eigenvalue weighted by Crippen LogP contribution is -1.81. The van der Waals surface area contributed by atoms with Gasteiger partial charge in [-0.15, -0.1) is 0 Å². The number of aromatic hydroxyl groups is 1. The number of fused-ring (bicyclic) bond motifs is 1. The Labute approximate surface area is 138 Å². The zero-order chi connectivity index (χ0) is 15.8. The summed E-state index contributed by atoms with van der Waals surface area (Å²) < 4.78 is 0. The highest BCUT2D eigenvalue weighted by Gasteiger charge is 2.13. The molecule has 0 radical (unpaired) electrons. The summed E-state index contributed by atoms with van der Waals surface area (Å²) in [6, 6.07) is 21.1. The van der Waals surface area contributed by atoms with E-state index in [-0.39, 0.29) is 5.75 Å². The summed E-state index contributed by atoms with van der Waals surface area (Å²) in [7, 11) is 0. The normalized spacial score (nSPS) is 11.0.